The maximum absolute atomic E-state index is 12.3. The van der Waals surface area contributed by atoms with Gasteiger partial charge >= 0.3 is 17.9 Å². The van der Waals surface area contributed by atoms with E-state index in [1.54, 1.807) is 29.2 Å². The number of carbonyl (C=O) groups excluding carboxylic acids is 3. The quantitative estimate of drug-likeness (QED) is 0.211. The molecule has 40 heavy (non-hydrogen) atoms. The van der Waals surface area contributed by atoms with Crippen LogP contribution in [0.2, 0.25) is 0 Å². The van der Waals surface area contributed by atoms with Crippen molar-refractivity contribution in [2.45, 2.75) is 50.7 Å². The van der Waals surface area contributed by atoms with Gasteiger partial charge < -0.3 is 20.6 Å². The second kappa shape index (κ2) is 14.3. The van der Waals surface area contributed by atoms with Crippen molar-refractivity contribution in [2.75, 3.05) is 32.7 Å². The Kier molecular flexibility index (Phi) is 10.9. The van der Waals surface area contributed by atoms with E-state index in [0.717, 1.165) is 23.3 Å². The van der Waals surface area contributed by atoms with Crippen LogP contribution in [0.3, 0.4) is 0 Å². The number of hydrogen-bond donors (Lipinski definition) is 4. The van der Waals surface area contributed by atoms with Crippen LogP contribution in [0.5, 0.6) is 0 Å². The minimum absolute atomic E-state index is 0.0727. The Morgan fingerprint density at radius 2 is 1.25 bits per heavy atom. The highest BCUT2D eigenvalue weighted by Crippen LogP contribution is 2.28. The number of nitrogens with one attached hydrogen (secondary N) is 1. The van der Waals surface area contributed by atoms with Crippen molar-refractivity contribution in [2.24, 2.45) is 0 Å². The van der Waals surface area contributed by atoms with Gasteiger partial charge in [-0.3, -0.25) is 43.5 Å². The van der Waals surface area contributed by atoms with Crippen LogP contribution in [-0.4, -0.2) is 110 Å². The van der Waals surface area contributed by atoms with Crippen LogP contribution < -0.4 is 5.32 Å². The van der Waals surface area contributed by atoms with Gasteiger partial charge in [0, 0.05) is 43.9 Å². The molecule has 1 saturated carbocycles. The Balaban J connectivity index is 1.62. The molecule has 1 fully saturated rings. The van der Waals surface area contributed by atoms with Gasteiger partial charge in [0.15, 0.2) is 0 Å². The SMILES string of the molecule is O=C(O)CN(CC(=O)O)[C@@H]1CCCC[C@H]1N(CC(=O)O)Cc1ccc(CC(=O)NCCN2C(=O)C=CC2=O)cc1. The lowest BCUT2D eigenvalue weighted by Gasteiger charge is -2.44. The molecular formula is C27H34N4O9. The first-order valence-corrected chi connectivity index (χ1v) is 13.0. The molecule has 1 aliphatic carbocycles. The van der Waals surface area contributed by atoms with Gasteiger partial charge in [0.2, 0.25) is 5.91 Å². The van der Waals surface area contributed by atoms with Crippen molar-refractivity contribution in [3.05, 3.63) is 47.5 Å². The summed E-state index contributed by atoms with van der Waals surface area (Å²) in [4.78, 5) is 74.2. The molecular weight excluding hydrogens is 524 g/mol. The molecule has 2 atom stereocenters. The van der Waals surface area contributed by atoms with E-state index in [1.807, 2.05) is 0 Å². The molecule has 0 unspecified atom stereocenters. The molecule has 0 bridgehead atoms. The van der Waals surface area contributed by atoms with E-state index in [-0.39, 0.29) is 44.5 Å². The van der Waals surface area contributed by atoms with E-state index in [4.69, 9.17) is 0 Å². The average molecular weight is 559 g/mol. The Labute approximate surface area is 231 Å². The highest BCUT2D eigenvalue weighted by Gasteiger charge is 2.36. The second-order valence-corrected chi connectivity index (χ2v) is 9.92. The summed E-state index contributed by atoms with van der Waals surface area (Å²) in [6, 6.07) is 6.31. The molecule has 216 valence electrons. The molecule has 4 N–H and O–H groups in total. The molecule has 2 aliphatic rings. The lowest BCUT2D eigenvalue weighted by molar-refractivity contribution is -0.146. The van der Waals surface area contributed by atoms with Gasteiger partial charge in [0.05, 0.1) is 26.1 Å². The van der Waals surface area contributed by atoms with Crippen molar-refractivity contribution < 1.29 is 44.1 Å². The smallest absolute Gasteiger partial charge is 0.317 e. The second-order valence-electron chi connectivity index (χ2n) is 9.92. The van der Waals surface area contributed by atoms with Crippen LogP contribution in [0.1, 0.15) is 36.8 Å². The van der Waals surface area contributed by atoms with E-state index in [0.29, 0.717) is 18.4 Å². The zero-order chi connectivity index (χ0) is 29.2. The van der Waals surface area contributed by atoms with Gasteiger partial charge in [0.25, 0.3) is 11.8 Å². The third-order valence-electron chi connectivity index (χ3n) is 6.98. The number of imide groups is 1. The van der Waals surface area contributed by atoms with Crippen LogP contribution in [0.15, 0.2) is 36.4 Å². The monoisotopic (exact) mass is 558 g/mol. The van der Waals surface area contributed by atoms with E-state index >= 15 is 0 Å². The molecule has 3 rings (SSSR count). The number of carbonyl (C=O) groups is 6. The number of amides is 3. The minimum Gasteiger partial charge on any atom is -0.480 e. The highest BCUT2D eigenvalue weighted by molar-refractivity contribution is 6.12. The largest absolute Gasteiger partial charge is 0.480 e. The first-order valence-electron chi connectivity index (χ1n) is 13.0. The molecule has 0 spiro atoms. The lowest BCUT2D eigenvalue weighted by atomic mass is 9.87. The van der Waals surface area contributed by atoms with Crippen LogP contribution in [0.25, 0.3) is 0 Å². The van der Waals surface area contributed by atoms with Gasteiger partial charge in [-0.1, -0.05) is 37.1 Å². The van der Waals surface area contributed by atoms with Crippen LogP contribution in [0, 0.1) is 0 Å². The van der Waals surface area contributed by atoms with Gasteiger partial charge in [-0.25, -0.2) is 0 Å². The zero-order valence-electron chi connectivity index (χ0n) is 22.0. The summed E-state index contributed by atoms with van der Waals surface area (Å²) >= 11 is 0. The molecule has 0 radical (unpaired) electrons. The van der Waals surface area contributed by atoms with Crippen LogP contribution >= 0.6 is 0 Å². The highest BCUT2D eigenvalue weighted by atomic mass is 16.4. The maximum atomic E-state index is 12.3. The first kappa shape index (κ1) is 30.4. The van der Waals surface area contributed by atoms with Gasteiger partial charge in [-0.2, -0.15) is 0 Å². The first-order chi connectivity index (χ1) is 19.0. The molecule has 1 aromatic rings. The summed E-state index contributed by atoms with van der Waals surface area (Å²) in [5.41, 5.74) is 1.50. The molecule has 0 aromatic heterocycles. The van der Waals surface area contributed by atoms with Crippen LogP contribution in [-0.2, 0) is 41.7 Å². The Morgan fingerprint density at radius 1 is 0.775 bits per heavy atom. The topological polar surface area (TPSA) is 185 Å². The predicted molar refractivity (Wildman–Crippen MR) is 140 cm³/mol. The van der Waals surface area contributed by atoms with Crippen molar-refractivity contribution in [1.82, 2.24) is 20.0 Å². The minimum atomic E-state index is -1.15. The fraction of sp³-hybridized carbons (Fsp3) is 0.481. The number of nitrogens with zero attached hydrogens (tertiary/aromatic N) is 3. The summed E-state index contributed by atoms with van der Waals surface area (Å²) in [5.74, 6) is -4.45. The Morgan fingerprint density at radius 3 is 1.77 bits per heavy atom. The molecule has 1 heterocycles. The van der Waals surface area contributed by atoms with E-state index in [2.05, 4.69) is 5.32 Å². The van der Waals surface area contributed by atoms with E-state index < -0.39 is 48.9 Å². The van der Waals surface area contributed by atoms with Gasteiger partial charge in [0.1, 0.15) is 0 Å². The molecule has 13 nitrogen and oxygen atoms in total. The fourth-order valence-corrected chi connectivity index (χ4v) is 5.25. The number of carboxylic acid groups (broad SMARTS) is 3. The molecule has 13 heteroatoms. The molecule has 1 aliphatic heterocycles. The summed E-state index contributed by atoms with van der Waals surface area (Å²) in [5, 5.41) is 30.9. The van der Waals surface area contributed by atoms with Gasteiger partial charge in [-0.15, -0.1) is 0 Å². The van der Waals surface area contributed by atoms with E-state index in [1.165, 1.54) is 17.1 Å². The molecule has 3 amide bonds. The van der Waals surface area contributed by atoms with Crippen molar-refractivity contribution in [1.29, 1.82) is 0 Å². The normalized spacial score (nSPS) is 18.9. The summed E-state index contributed by atoms with van der Waals surface area (Å²) in [6.45, 7) is -0.743. The van der Waals surface area contributed by atoms with Crippen molar-refractivity contribution >= 4 is 35.6 Å². The number of benzene rings is 1. The standard InChI is InChI=1S/C27H34N4O9/c32-22(28-11-12-31-23(33)9-10-24(31)34)13-18-5-7-19(8-6-18)14-29(15-25(35)36)20-3-1-2-4-21(20)30(16-26(37)38)17-27(39)40/h5-10,20-21H,1-4,11-17H2,(H,28,32)(H,35,36)(H,37,38)(H,39,40)/t20-,21-/m1/s1. The summed E-state index contributed by atoms with van der Waals surface area (Å²) in [6.07, 6.45) is 5.21. The zero-order valence-corrected chi connectivity index (χ0v) is 22.0. The Bertz CT molecular complexity index is 1120. The molecule has 1 aromatic carbocycles. The number of carboxylic acids is 3. The predicted octanol–water partition coefficient (Wildman–Crippen LogP) is -0.0607. The van der Waals surface area contributed by atoms with Crippen molar-refractivity contribution in [3.8, 4) is 0 Å². The van der Waals surface area contributed by atoms with Crippen LogP contribution in [0.4, 0.5) is 0 Å². The number of rotatable bonds is 15. The fourth-order valence-electron chi connectivity index (χ4n) is 5.25. The Hall–Kier alpha value is -4.10. The summed E-state index contributed by atoms with van der Waals surface area (Å²) < 4.78 is 0. The third kappa shape index (κ3) is 8.99. The third-order valence-corrected chi connectivity index (χ3v) is 6.98. The average Bonchev–Trinajstić information content (AvgIpc) is 3.20. The van der Waals surface area contributed by atoms with Crippen molar-refractivity contribution in [3.63, 3.8) is 0 Å². The van der Waals surface area contributed by atoms with Gasteiger partial charge in [-0.05, 0) is 24.0 Å². The van der Waals surface area contributed by atoms with E-state index in [9.17, 15) is 44.1 Å². The number of hydrogen-bond acceptors (Lipinski definition) is 8. The molecule has 0 saturated heterocycles. The lowest BCUT2D eigenvalue weighted by Crippen LogP contribution is -2.56. The summed E-state index contributed by atoms with van der Waals surface area (Å²) in [7, 11) is 0. The number of aliphatic carboxylic acids is 3. The maximum Gasteiger partial charge on any atom is 0.317 e.